The van der Waals surface area contributed by atoms with Crippen molar-refractivity contribution in [3.8, 4) is 6.07 Å². The van der Waals surface area contributed by atoms with E-state index in [9.17, 15) is 18.5 Å². The second-order valence-electron chi connectivity index (χ2n) is 9.75. The van der Waals surface area contributed by atoms with Crippen LogP contribution in [0.5, 0.6) is 0 Å². The Morgan fingerprint density at radius 1 is 1.18 bits per heavy atom. The monoisotopic (exact) mass is 499 g/mol. The Hall–Kier alpha value is -2.40. The maximum Gasteiger partial charge on any atom is 0.243 e. The number of amides is 1. The zero-order valence-electron chi connectivity index (χ0n) is 19.6. The third-order valence-corrected chi connectivity index (χ3v) is 9.27. The van der Waals surface area contributed by atoms with Gasteiger partial charge in [-0.15, -0.1) is 0 Å². The van der Waals surface area contributed by atoms with Gasteiger partial charge < -0.3 is 4.90 Å². The van der Waals surface area contributed by atoms with E-state index in [0.29, 0.717) is 43.8 Å². The molecule has 2 aromatic rings. The number of hydrogen-bond donors (Lipinski definition) is 0. The summed E-state index contributed by atoms with van der Waals surface area (Å²) in [6, 6.07) is 15.6. The summed E-state index contributed by atoms with van der Waals surface area (Å²) < 4.78 is 28.3. The molecule has 0 radical (unpaired) electrons. The lowest BCUT2D eigenvalue weighted by atomic mass is 9.90. The fraction of sp³-hybridized carbons (Fsp3) is 0.462. The van der Waals surface area contributed by atoms with Crippen LogP contribution in [0.2, 0.25) is 5.02 Å². The van der Waals surface area contributed by atoms with Gasteiger partial charge in [0, 0.05) is 24.2 Å². The van der Waals surface area contributed by atoms with Crippen LogP contribution >= 0.6 is 11.6 Å². The second-order valence-corrected chi connectivity index (χ2v) is 12.1. The number of nitriles is 1. The highest BCUT2D eigenvalue weighted by atomic mass is 35.5. The molecule has 1 saturated heterocycles. The number of hydrogen-bond acceptors (Lipinski definition) is 4. The fourth-order valence-corrected chi connectivity index (χ4v) is 6.84. The van der Waals surface area contributed by atoms with Crippen molar-refractivity contribution in [1.29, 1.82) is 5.26 Å². The van der Waals surface area contributed by atoms with Crippen molar-refractivity contribution in [3.63, 3.8) is 0 Å². The quantitative estimate of drug-likeness (QED) is 0.565. The summed E-state index contributed by atoms with van der Waals surface area (Å²) in [6.07, 6.45) is 3.15. The molecule has 0 bridgehead atoms. The van der Waals surface area contributed by atoms with Gasteiger partial charge in [0.05, 0.1) is 16.4 Å². The Kier molecular flexibility index (Phi) is 7.04. The number of sulfonamides is 1. The minimum atomic E-state index is -3.80. The predicted octanol–water partition coefficient (Wildman–Crippen LogP) is 4.91. The molecule has 8 heteroatoms. The first-order valence-electron chi connectivity index (χ1n) is 11.7. The molecule has 6 nitrogen and oxygen atoms in total. The van der Waals surface area contributed by atoms with Crippen molar-refractivity contribution in [2.45, 2.75) is 69.5 Å². The number of carbonyl (C=O) groups is 1. The average molecular weight is 500 g/mol. The van der Waals surface area contributed by atoms with E-state index in [4.69, 9.17) is 11.6 Å². The molecule has 2 aromatic carbocycles. The molecular formula is C26H30ClN3O3S. The minimum absolute atomic E-state index is 0.114. The second kappa shape index (κ2) is 9.69. The van der Waals surface area contributed by atoms with Gasteiger partial charge in [0.1, 0.15) is 6.04 Å². The maximum atomic E-state index is 14.0. The molecule has 34 heavy (non-hydrogen) atoms. The zero-order chi connectivity index (χ0) is 24.5. The van der Waals surface area contributed by atoms with Gasteiger partial charge in [0.25, 0.3) is 0 Å². The van der Waals surface area contributed by atoms with Gasteiger partial charge in [-0.2, -0.15) is 9.57 Å². The van der Waals surface area contributed by atoms with E-state index >= 15 is 0 Å². The first-order chi connectivity index (χ1) is 16.1. The predicted molar refractivity (Wildman–Crippen MR) is 131 cm³/mol. The lowest BCUT2D eigenvalue weighted by molar-refractivity contribution is -0.137. The van der Waals surface area contributed by atoms with Crippen molar-refractivity contribution in [2.24, 2.45) is 5.41 Å². The summed E-state index contributed by atoms with van der Waals surface area (Å²) in [7, 11) is -3.80. The van der Waals surface area contributed by atoms with Gasteiger partial charge in [-0.3, -0.25) is 4.79 Å². The van der Waals surface area contributed by atoms with Gasteiger partial charge in [-0.1, -0.05) is 41.4 Å². The van der Waals surface area contributed by atoms with E-state index in [-0.39, 0.29) is 16.8 Å². The van der Waals surface area contributed by atoms with Crippen LogP contribution in [0.25, 0.3) is 0 Å². The lowest BCUT2D eigenvalue weighted by Gasteiger charge is -2.34. The van der Waals surface area contributed by atoms with E-state index < -0.39 is 21.5 Å². The number of nitrogens with zero attached hydrogens (tertiary/aromatic N) is 3. The summed E-state index contributed by atoms with van der Waals surface area (Å²) >= 11 is 6.04. The molecule has 1 aliphatic heterocycles. The van der Waals surface area contributed by atoms with Gasteiger partial charge in [-0.25, -0.2) is 8.42 Å². The summed E-state index contributed by atoms with van der Waals surface area (Å²) in [5, 5.41) is 10.3. The number of rotatable bonds is 6. The molecule has 0 N–H and O–H groups in total. The fourth-order valence-electron chi connectivity index (χ4n) is 5.06. The number of carbonyl (C=O) groups excluding carboxylic acids is 1. The van der Waals surface area contributed by atoms with Crippen LogP contribution in [0, 0.1) is 23.7 Å². The molecule has 1 amide bonds. The highest BCUT2D eigenvalue weighted by Crippen LogP contribution is 2.41. The van der Waals surface area contributed by atoms with Crippen LogP contribution in [-0.4, -0.2) is 42.2 Å². The number of halogens is 1. The smallest absolute Gasteiger partial charge is 0.243 e. The van der Waals surface area contributed by atoms with Crippen molar-refractivity contribution < 1.29 is 13.2 Å². The van der Waals surface area contributed by atoms with Gasteiger partial charge in [-0.05, 0) is 75.8 Å². The van der Waals surface area contributed by atoms with Crippen LogP contribution < -0.4 is 0 Å². The lowest BCUT2D eigenvalue weighted by Crippen LogP contribution is -2.50. The Balaban J connectivity index is 1.63. The third kappa shape index (κ3) is 5.00. The first kappa shape index (κ1) is 24.7. The van der Waals surface area contributed by atoms with E-state index in [0.717, 1.165) is 17.5 Å². The molecule has 2 aliphatic rings. The minimum Gasteiger partial charge on any atom is -0.334 e. The normalized spacial score (nSPS) is 25.2. The molecule has 1 saturated carbocycles. The van der Waals surface area contributed by atoms with Crippen LogP contribution in [0.4, 0.5) is 0 Å². The summed E-state index contributed by atoms with van der Waals surface area (Å²) in [4.78, 5) is 16.0. The molecular weight excluding hydrogens is 470 g/mol. The first-order valence-corrected chi connectivity index (χ1v) is 13.5. The number of aryl methyl sites for hydroxylation is 1. The van der Waals surface area contributed by atoms with Gasteiger partial charge >= 0.3 is 0 Å². The molecule has 180 valence electrons. The Bertz CT molecular complexity index is 1190. The largest absolute Gasteiger partial charge is 0.334 e. The molecule has 1 unspecified atom stereocenters. The molecule has 1 heterocycles. The van der Waals surface area contributed by atoms with Crippen LogP contribution in [-0.2, 0) is 21.4 Å². The van der Waals surface area contributed by atoms with Crippen LogP contribution in [0.3, 0.4) is 0 Å². The van der Waals surface area contributed by atoms with Gasteiger partial charge in [0.2, 0.25) is 15.9 Å². The molecule has 4 rings (SSSR count). The standard InChI is InChI=1S/C26H30ClN3O3S/c1-19-5-11-23(12-6-19)34(32,33)30-15-3-4-24(30)25(31)29(17-20-7-9-21(27)10-8-20)22-13-14-26(2,16-22)18-28/h5-12,22,24H,3-4,13-17H2,1-2H3/t22-,24+,26?/m1/s1. The SMILES string of the molecule is Cc1ccc(S(=O)(=O)N2CCC[C@H]2C(=O)N(Cc2ccc(Cl)cc2)[C@@H]2CCC(C)(C#N)C2)cc1. The van der Waals surface area contributed by atoms with Crippen molar-refractivity contribution in [1.82, 2.24) is 9.21 Å². The number of benzene rings is 2. The molecule has 1 aliphatic carbocycles. The van der Waals surface area contributed by atoms with E-state index in [1.54, 1.807) is 41.3 Å². The average Bonchev–Trinajstić information content (AvgIpc) is 3.47. The summed E-state index contributed by atoms with van der Waals surface area (Å²) in [6.45, 7) is 4.52. The third-order valence-electron chi connectivity index (χ3n) is 7.09. The Labute approximate surface area is 207 Å². The molecule has 0 spiro atoms. The molecule has 2 fully saturated rings. The van der Waals surface area contributed by atoms with Crippen molar-refractivity contribution >= 4 is 27.5 Å². The highest BCUT2D eigenvalue weighted by molar-refractivity contribution is 7.89. The summed E-state index contributed by atoms with van der Waals surface area (Å²) in [5.74, 6) is -0.185. The van der Waals surface area contributed by atoms with Crippen LogP contribution in [0.1, 0.15) is 50.2 Å². The molecule has 3 atom stereocenters. The summed E-state index contributed by atoms with van der Waals surface area (Å²) in [5.41, 5.74) is 1.42. The van der Waals surface area contributed by atoms with Gasteiger partial charge in [0.15, 0.2) is 0 Å². The van der Waals surface area contributed by atoms with Crippen molar-refractivity contribution in [2.75, 3.05) is 6.54 Å². The zero-order valence-corrected chi connectivity index (χ0v) is 21.1. The maximum absolute atomic E-state index is 14.0. The highest BCUT2D eigenvalue weighted by Gasteiger charge is 2.45. The van der Waals surface area contributed by atoms with E-state index in [2.05, 4.69) is 6.07 Å². The van der Waals surface area contributed by atoms with E-state index in [1.165, 1.54) is 4.31 Å². The Morgan fingerprint density at radius 2 is 1.85 bits per heavy atom. The van der Waals surface area contributed by atoms with E-state index in [1.807, 2.05) is 26.0 Å². The molecule has 0 aromatic heterocycles. The van der Waals surface area contributed by atoms with Crippen LogP contribution in [0.15, 0.2) is 53.4 Å². The topological polar surface area (TPSA) is 81.5 Å². The Morgan fingerprint density at radius 3 is 2.47 bits per heavy atom. The van der Waals surface area contributed by atoms with Crippen molar-refractivity contribution in [3.05, 3.63) is 64.7 Å².